The Hall–Kier alpha value is -5.00. The summed E-state index contributed by atoms with van der Waals surface area (Å²) in [6.07, 6.45) is -0.448. The quantitative estimate of drug-likeness (QED) is 0.187. The molecule has 2 aliphatic heterocycles. The number of nitrogens with zero attached hydrogens (tertiary/aromatic N) is 1. The summed E-state index contributed by atoms with van der Waals surface area (Å²) < 4.78 is 38.4. The van der Waals surface area contributed by atoms with E-state index < -0.39 is 22.9 Å². The van der Waals surface area contributed by atoms with Crippen LogP contribution in [-0.2, 0) is 16.0 Å². The predicted octanol–water partition coefficient (Wildman–Crippen LogP) is 4.40. The van der Waals surface area contributed by atoms with E-state index in [9.17, 15) is 19.7 Å². The first-order valence-electron chi connectivity index (χ1n) is 12.4. The third kappa shape index (κ3) is 4.36. The first-order valence-corrected chi connectivity index (χ1v) is 12.4. The predicted molar refractivity (Wildman–Crippen MR) is 135 cm³/mol. The topological polar surface area (TPSA) is 142 Å². The summed E-state index contributed by atoms with van der Waals surface area (Å²) in [5.41, 5.74) is 2.47. The minimum absolute atomic E-state index is 0.0324. The Bertz CT molecular complexity index is 1490. The number of nitro benzene ring substituents is 1. The van der Waals surface area contributed by atoms with E-state index in [-0.39, 0.29) is 47.4 Å². The number of carbonyl (C=O) groups is 2. The lowest BCUT2D eigenvalue weighted by atomic mass is 9.67. The molecule has 206 valence electrons. The van der Waals surface area contributed by atoms with Crippen LogP contribution in [0.1, 0.15) is 22.6 Å². The highest BCUT2D eigenvalue weighted by Crippen LogP contribution is 2.52. The minimum Gasteiger partial charge on any atom is -0.493 e. The number of ether oxygens (including phenoxy) is 7. The Morgan fingerprint density at radius 1 is 0.950 bits per heavy atom. The van der Waals surface area contributed by atoms with E-state index in [0.717, 1.165) is 11.1 Å². The fraction of sp³-hybridized carbons (Fsp3) is 0.286. The van der Waals surface area contributed by atoms with Gasteiger partial charge in [0.2, 0.25) is 12.5 Å². The van der Waals surface area contributed by atoms with E-state index in [1.807, 2.05) is 12.1 Å². The lowest BCUT2D eigenvalue weighted by Crippen LogP contribution is -2.31. The second-order valence-corrected chi connectivity index (χ2v) is 9.46. The largest absolute Gasteiger partial charge is 0.519 e. The molecule has 0 amide bonds. The second-order valence-electron chi connectivity index (χ2n) is 9.46. The molecule has 3 aromatic rings. The molecule has 0 N–H and O–H groups in total. The number of benzene rings is 3. The molecule has 3 aromatic carbocycles. The fourth-order valence-electron chi connectivity index (χ4n) is 5.52. The Morgan fingerprint density at radius 3 is 2.27 bits per heavy atom. The van der Waals surface area contributed by atoms with Crippen LogP contribution >= 0.6 is 0 Å². The average Bonchev–Trinajstić information content (AvgIpc) is 3.56. The molecule has 0 spiro atoms. The van der Waals surface area contributed by atoms with Crippen molar-refractivity contribution in [2.45, 2.75) is 12.3 Å². The molecule has 2 heterocycles. The molecule has 0 bridgehead atoms. The summed E-state index contributed by atoms with van der Waals surface area (Å²) in [5, 5.41) is 10.9. The van der Waals surface area contributed by atoms with Crippen LogP contribution in [0.25, 0.3) is 0 Å². The van der Waals surface area contributed by atoms with Crippen molar-refractivity contribution in [1.29, 1.82) is 0 Å². The summed E-state index contributed by atoms with van der Waals surface area (Å²) in [4.78, 5) is 35.8. The van der Waals surface area contributed by atoms with Gasteiger partial charge < -0.3 is 33.2 Å². The van der Waals surface area contributed by atoms with Crippen molar-refractivity contribution in [2.75, 3.05) is 27.6 Å². The molecule has 6 rings (SSSR count). The van der Waals surface area contributed by atoms with Crippen molar-refractivity contribution < 1.29 is 47.7 Å². The van der Waals surface area contributed by atoms with Crippen LogP contribution < -0.4 is 28.4 Å². The van der Waals surface area contributed by atoms with Gasteiger partial charge in [-0.15, -0.1) is 0 Å². The second kappa shape index (κ2) is 9.95. The van der Waals surface area contributed by atoms with Crippen molar-refractivity contribution >= 4 is 17.8 Å². The molecular formula is C28H23NO11. The van der Waals surface area contributed by atoms with Crippen molar-refractivity contribution in [1.82, 2.24) is 0 Å². The standard InChI is InChI=1S/C28H23NO11/c1-34-22-9-15(10-23(35-2)26(22)40-28(31)39-18-5-3-17(4-6-18)29(32)33)24-19-11-21-20(37-13-38-21)8-14(19)7-16-12-36-27(30)25(16)24/h3-6,8-11,16,24-25H,7,12-13H2,1-2H3. The first kappa shape index (κ1) is 25.3. The van der Waals surface area contributed by atoms with Crippen molar-refractivity contribution in [3.05, 3.63) is 75.3 Å². The average molecular weight is 549 g/mol. The van der Waals surface area contributed by atoms with Gasteiger partial charge in [-0.3, -0.25) is 14.9 Å². The molecule has 0 aromatic heterocycles. The SMILES string of the molecule is COc1cc(C2c3cc4c(cc3CC3COC(=O)C32)OCO4)cc(OC)c1OC(=O)Oc1ccc([N+](=O)[O-])cc1. The lowest BCUT2D eigenvalue weighted by Gasteiger charge is -2.34. The number of nitro groups is 1. The van der Waals surface area contributed by atoms with E-state index in [2.05, 4.69) is 0 Å². The van der Waals surface area contributed by atoms with E-state index in [1.165, 1.54) is 38.5 Å². The first-order chi connectivity index (χ1) is 19.4. The van der Waals surface area contributed by atoms with Crippen LogP contribution in [0.15, 0.2) is 48.5 Å². The molecule has 1 fully saturated rings. The molecule has 0 saturated carbocycles. The van der Waals surface area contributed by atoms with Crippen LogP contribution in [0.5, 0.6) is 34.5 Å². The van der Waals surface area contributed by atoms with Crippen LogP contribution in [0.2, 0.25) is 0 Å². The summed E-state index contributed by atoms with van der Waals surface area (Å²) in [6, 6.07) is 12.2. The molecule has 1 saturated heterocycles. The van der Waals surface area contributed by atoms with E-state index in [1.54, 1.807) is 12.1 Å². The third-order valence-electron chi connectivity index (χ3n) is 7.31. The van der Waals surface area contributed by atoms with Crippen LogP contribution in [0.4, 0.5) is 10.5 Å². The van der Waals surface area contributed by atoms with Crippen molar-refractivity contribution in [3.8, 4) is 34.5 Å². The Morgan fingerprint density at radius 2 is 1.62 bits per heavy atom. The maximum absolute atomic E-state index is 12.9. The maximum Gasteiger partial charge on any atom is 0.519 e. The number of carbonyl (C=O) groups excluding carboxylic acids is 2. The molecule has 0 radical (unpaired) electrons. The number of cyclic esters (lactones) is 1. The number of fused-ring (bicyclic) bond motifs is 3. The normalized spacial score (nSPS) is 20.1. The van der Waals surface area contributed by atoms with Gasteiger partial charge in [-0.1, -0.05) is 0 Å². The summed E-state index contributed by atoms with van der Waals surface area (Å²) >= 11 is 0. The van der Waals surface area contributed by atoms with Crippen LogP contribution in [0, 0.1) is 22.0 Å². The number of hydrogen-bond donors (Lipinski definition) is 0. The fourth-order valence-corrected chi connectivity index (χ4v) is 5.52. The van der Waals surface area contributed by atoms with Gasteiger partial charge >= 0.3 is 12.1 Å². The van der Waals surface area contributed by atoms with Crippen LogP contribution in [-0.4, -0.2) is 44.7 Å². The zero-order valence-corrected chi connectivity index (χ0v) is 21.4. The Labute approximate surface area is 227 Å². The minimum atomic E-state index is -1.10. The van der Waals surface area contributed by atoms with Gasteiger partial charge in [0.05, 0.1) is 31.7 Å². The molecule has 12 nitrogen and oxygen atoms in total. The van der Waals surface area contributed by atoms with Gasteiger partial charge in [0.1, 0.15) is 5.75 Å². The van der Waals surface area contributed by atoms with Crippen molar-refractivity contribution in [3.63, 3.8) is 0 Å². The van der Waals surface area contributed by atoms with Gasteiger partial charge in [0.25, 0.3) is 5.69 Å². The Balaban J connectivity index is 1.35. The number of rotatable bonds is 6. The van der Waals surface area contributed by atoms with Gasteiger partial charge in [-0.25, -0.2) is 4.79 Å². The van der Waals surface area contributed by atoms with Gasteiger partial charge in [0, 0.05) is 24.0 Å². The molecule has 12 heteroatoms. The van der Waals surface area contributed by atoms with Gasteiger partial charge in [0.15, 0.2) is 23.0 Å². The van der Waals surface area contributed by atoms with Crippen LogP contribution in [0.3, 0.4) is 0 Å². The third-order valence-corrected chi connectivity index (χ3v) is 7.31. The Kier molecular flexibility index (Phi) is 6.29. The summed E-state index contributed by atoms with van der Waals surface area (Å²) in [7, 11) is 2.82. The maximum atomic E-state index is 12.9. The van der Waals surface area contributed by atoms with E-state index >= 15 is 0 Å². The number of non-ortho nitro benzene ring substituents is 1. The monoisotopic (exact) mass is 549 g/mol. The molecule has 40 heavy (non-hydrogen) atoms. The smallest absolute Gasteiger partial charge is 0.493 e. The van der Waals surface area contributed by atoms with Gasteiger partial charge in [-0.05, 0) is 59.5 Å². The molecular weight excluding hydrogens is 526 g/mol. The molecule has 1 aliphatic carbocycles. The number of hydrogen-bond acceptors (Lipinski definition) is 11. The lowest BCUT2D eigenvalue weighted by molar-refractivity contribution is -0.384. The van der Waals surface area contributed by atoms with E-state index in [0.29, 0.717) is 30.1 Å². The van der Waals surface area contributed by atoms with Crippen molar-refractivity contribution in [2.24, 2.45) is 11.8 Å². The molecule has 3 atom stereocenters. The summed E-state index contributed by atoms with van der Waals surface area (Å²) in [5.74, 6) is 0.438. The highest BCUT2D eigenvalue weighted by Gasteiger charge is 2.48. The molecule has 3 unspecified atom stereocenters. The molecule has 3 aliphatic rings. The zero-order chi connectivity index (χ0) is 28.0. The van der Waals surface area contributed by atoms with E-state index in [4.69, 9.17) is 33.2 Å². The highest BCUT2D eigenvalue weighted by atomic mass is 16.7. The summed E-state index contributed by atoms with van der Waals surface area (Å²) in [6.45, 7) is 0.444. The number of methoxy groups -OCH3 is 2. The zero-order valence-electron chi connectivity index (χ0n) is 21.4. The number of esters is 1. The highest BCUT2D eigenvalue weighted by molar-refractivity contribution is 5.79. The van der Waals surface area contributed by atoms with Gasteiger partial charge in [-0.2, -0.15) is 0 Å².